The molecule has 0 aliphatic carbocycles. The fourth-order valence-electron chi connectivity index (χ4n) is 4.32. The largest absolute Gasteiger partial charge is 0.491 e. The summed E-state index contributed by atoms with van der Waals surface area (Å²) in [4.78, 5) is 42.1. The van der Waals surface area contributed by atoms with Crippen LogP contribution >= 0.6 is 7.60 Å². The maximum atomic E-state index is 13.8. The van der Waals surface area contributed by atoms with E-state index in [0.29, 0.717) is 29.7 Å². The van der Waals surface area contributed by atoms with Crippen molar-refractivity contribution in [2.75, 3.05) is 11.1 Å². The van der Waals surface area contributed by atoms with Gasteiger partial charge >= 0.3 is 13.9 Å². The first-order valence-electron chi connectivity index (χ1n) is 11.3. The second kappa shape index (κ2) is 10.1. The topological polar surface area (TPSA) is 119 Å². The number of imidazole rings is 1. The number of carbonyl (C=O) groups excluding carboxylic acids is 1. The fourth-order valence-corrected chi connectivity index (χ4v) is 4.89. The Balaban J connectivity index is 1.64. The second-order valence-corrected chi connectivity index (χ2v) is 10.5. The molecule has 12 heteroatoms. The third-order valence-corrected chi connectivity index (χ3v) is 6.73. The molecule has 0 radical (unpaired) electrons. The van der Waals surface area contributed by atoms with Crippen molar-refractivity contribution in [1.82, 2.24) is 15.0 Å². The van der Waals surface area contributed by atoms with Gasteiger partial charge < -0.3 is 14.8 Å². The van der Waals surface area contributed by atoms with Crippen molar-refractivity contribution in [3.8, 4) is 11.4 Å². The van der Waals surface area contributed by atoms with Gasteiger partial charge in [0, 0.05) is 17.3 Å². The number of benzene rings is 2. The highest BCUT2D eigenvalue weighted by molar-refractivity contribution is 7.51. The van der Waals surface area contributed by atoms with Crippen molar-refractivity contribution in [3.05, 3.63) is 77.1 Å². The number of aromatic amines is 1. The van der Waals surface area contributed by atoms with Crippen molar-refractivity contribution >= 4 is 30.2 Å². The standard InChI is InChI=1S/C25H24F3N4O4P/c1-15-11-17(5-4-10-37(34,35)36)12-16(2)22(15)23-30-20-8-7-18(13-21(20)31-23)24(33)32(25(26,27)28)19-6-3-9-29-14-19/h3,6-9,11-14H,4-5,10H2,1-2H3,(H,30,31)(H2,34,35,36). The van der Waals surface area contributed by atoms with Crippen LogP contribution in [-0.4, -0.2) is 43.1 Å². The molecule has 0 aliphatic heterocycles. The predicted molar refractivity (Wildman–Crippen MR) is 133 cm³/mol. The summed E-state index contributed by atoms with van der Waals surface area (Å²) in [5.74, 6) is -0.748. The van der Waals surface area contributed by atoms with Gasteiger partial charge in [0.1, 0.15) is 5.82 Å². The number of carbonyl (C=O) groups is 1. The van der Waals surface area contributed by atoms with Crippen LogP contribution in [0.5, 0.6) is 0 Å². The smallest absolute Gasteiger partial charge is 0.338 e. The number of nitrogens with one attached hydrogen (secondary N) is 1. The number of amides is 1. The molecular weight excluding hydrogens is 508 g/mol. The normalized spacial score (nSPS) is 12.2. The van der Waals surface area contributed by atoms with Crippen molar-refractivity contribution in [2.45, 2.75) is 33.0 Å². The van der Waals surface area contributed by atoms with Crippen LogP contribution in [-0.2, 0) is 11.0 Å². The number of anilines is 1. The number of hydrogen-bond donors (Lipinski definition) is 3. The number of hydrogen-bond acceptors (Lipinski definition) is 4. The third-order valence-electron chi connectivity index (χ3n) is 5.83. The molecule has 0 unspecified atom stereocenters. The highest BCUT2D eigenvalue weighted by Gasteiger charge is 2.43. The van der Waals surface area contributed by atoms with Crippen LogP contribution < -0.4 is 4.90 Å². The lowest BCUT2D eigenvalue weighted by atomic mass is 9.97. The lowest BCUT2D eigenvalue weighted by molar-refractivity contribution is -0.122. The van der Waals surface area contributed by atoms with Crippen LogP contribution in [0.3, 0.4) is 0 Å². The van der Waals surface area contributed by atoms with E-state index in [2.05, 4.69) is 15.0 Å². The molecule has 4 rings (SSSR count). The molecule has 1 amide bonds. The zero-order valence-corrected chi connectivity index (χ0v) is 20.8. The zero-order valence-electron chi connectivity index (χ0n) is 20.0. The highest BCUT2D eigenvalue weighted by atomic mass is 31.2. The van der Waals surface area contributed by atoms with Crippen LogP contribution in [0.15, 0.2) is 54.9 Å². The Morgan fingerprint density at radius 2 is 1.81 bits per heavy atom. The Labute approximate surface area is 210 Å². The van der Waals surface area contributed by atoms with Gasteiger partial charge in [-0.1, -0.05) is 12.1 Å². The summed E-state index contributed by atoms with van der Waals surface area (Å²) in [5, 5.41) is 0. The summed E-state index contributed by atoms with van der Waals surface area (Å²) in [7, 11) is -4.05. The molecule has 0 saturated heterocycles. The van der Waals surface area contributed by atoms with Crippen molar-refractivity contribution in [1.29, 1.82) is 0 Å². The summed E-state index contributed by atoms with van der Waals surface area (Å²) < 4.78 is 52.4. The van der Waals surface area contributed by atoms with Gasteiger partial charge in [0.15, 0.2) is 0 Å². The predicted octanol–water partition coefficient (Wildman–Crippen LogP) is 5.52. The molecule has 8 nitrogen and oxygen atoms in total. The van der Waals surface area contributed by atoms with E-state index in [1.54, 1.807) is 0 Å². The molecule has 3 N–H and O–H groups in total. The Bertz CT molecular complexity index is 1480. The number of rotatable bonds is 7. The summed E-state index contributed by atoms with van der Waals surface area (Å²) in [6, 6.07) is 10.4. The van der Waals surface area contributed by atoms with Crippen LogP contribution in [0.25, 0.3) is 22.4 Å². The minimum Gasteiger partial charge on any atom is -0.338 e. The molecule has 0 aliphatic rings. The summed E-state index contributed by atoms with van der Waals surface area (Å²) in [6.07, 6.45) is -2.00. The number of fused-ring (bicyclic) bond motifs is 1. The number of pyridine rings is 1. The van der Waals surface area contributed by atoms with Gasteiger partial charge in [0.05, 0.1) is 29.1 Å². The number of aryl methyl sites for hydroxylation is 3. The molecular formula is C25H24F3N4O4P. The number of nitrogens with zero attached hydrogens (tertiary/aromatic N) is 3. The highest BCUT2D eigenvalue weighted by Crippen LogP contribution is 2.36. The van der Waals surface area contributed by atoms with Crippen molar-refractivity contribution < 1.29 is 32.3 Å². The fraction of sp³-hybridized carbons (Fsp3) is 0.240. The first-order chi connectivity index (χ1) is 17.3. The van der Waals surface area contributed by atoms with E-state index in [4.69, 9.17) is 9.79 Å². The van der Waals surface area contributed by atoms with Gasteiger partial charge in [0.25, 0.3) is 5.91 Å². The maximum Gasteiger partial charge on any atom is 0.491 e. The van der Waals surface area contributed by atoms with E-state index in [-0.39, 0.29) is 16.6 Å². The van der Waals surface area contributed by atoms with Crippen LogP contribution in [0.1, 0.15) is 33.5 Å². The molecule has 0 saturated carbocycles. The number of halogens is 3. The van der Waals surface area contributed by atoms with E-state index in [9.17, 15) is 22.5 Å². The Hall–Kier alpha value is -3.53. The summed E-state index contributed by atoms with van der Waals surface area (Å²) in [5.41, 5.74) is 3.81. The molecule has 2 aromatic carbocycles. The first-order valence-corrected chi connectivity index (χ1v) is 13.1. The van der Waals surface area contributed by atoms with Gasteiger partial charge in [-0.2, -0.15) is 0 Å². The molecule has 0 fully saturated rings. The Morgan fingerprint density at radius 1 is 1.11 bits per heavy atom. The molecule has 0 bridgehead atoms. The summed E-state index contributed by atoms with van der Waals surface area (Å²) >= 11 is 0. The van der Waals surface area contributed by atoms with Crippen LogP contribution in [0, 0.1) is 13.8 Å². The average molecular weight is 532 g/mol. The average Bonchev–Trinajstić information content (AvgIpc) is 3.20. The van der Waals surface area contributed by atoms with Crippen molar-refractivity contribution in [3.63, 3.8) is 0 Å². The Kier molecular flexibility index (Phi) is 7.23. The molecule has 0 spiro atoms. The van der Waals surface area contributed by atoms with Gasteiger partial charge in [-0.05, 0) is 73.7 Å². The molecule has 4 aromatic rings. The molecule has 194 valence electrons. The maximum absolute atomic E-state index is 13.8. The number of aromatic nitrogens is 3. The van der Waals surface area contributed by atoms with Crippen LogP contribution in [0.2, 0.25) is 0 Å². The Morgan fingerprint density at radius 3 is 2.41 bits per heavy atom. The molecule has 2 aromatic heterocycles. The van der Waals surface area contributed by atoms with Gasteiger partial charge in [-0.3, -0.25) is 14.3 Å². The van der Waals surface area contributed by atoms with Gasteiger partial charge in [-0.25, -0.2) is 9.88 Å². The lowest BCUT2D eigenvalue weighted by Crippen LogP contribution is -2.43. The summed E-state index contributed by atoms with van der Waals surface area (Å²) in [6.45, 7) is 3.76. The lowest BCUT2D eigenvalue weighted by Gasteiger charge is -2.24. The quantitative estimate of drug-likeness (QED) is 0.213. The number of alkyl halides is 3. The minimum absolute atomic E-state index is 0.169. The second-order valence-electron chi connectivity index (χ2n) is 8.73. The van der Waals surface area contributed by atoms with E-state index in [1.165, 1.54) is 30.5 Å². The van der Waals surface area contributed by atoms with E-state index >= 15 is 0 Å². The molecule has 2 heterocycles. The number of H-pyrrole nitrogens is 1. The van der Waals surface area contributed by atoms with Gasteiger partial charge in [-0.15, -0.1) is 13.2 Å². The van der Waals surface area contributed by atoms with Gasteiger partial charge in [0.2, 0.25) is 0 Å². The van der Waals surface area contributed by atoms with E-state index < -0.39 is 25.5 Å². The zero-order chi connectivity index (χ0) is 27.0. The molecule has 37 heavy (non-hydrogen) atoms. The molecule has 0 atom stereocenters. The minimum atomic E-state index is -4.95. The van der Waals surface area contributed by atoms with Crippen molar-refractivity contribution in [2.24, 2.45) is 0 Å². The van der Waals surface area contributed by atoms with E-state index in [1.807, 2.05) is 26.0 Å². The third kappa shape index (κ3) is 6.07. The monoisotopic (exact) mass is 532 g/mol. The first kappa shape index (κ1) is 26.5. The SMILES string of the molecule is Cc1cc(CCCP(=O)(O)O)cc(C)c1-c1nc2ccc(C(=O)N(c3cccnc3)C(F)(F)F)cc2[nH]1. The van der Waals surface area contributed by atoms with E-state index in [0.717, 1.165) is 34.5 Å². The van der Waals surface area contributed by atoms with Crippen LogP contribution in [0.4, 0.5) is 18.9 Å².